The van der Waals surface area contributed by atoms with Gasteiger partial charge in [-0.15, -0.1) is 0 Å². The Labute approximate surface area is 179 Å². The van der Waals surface area contributed by atoms with E-state index in [1.807, 2.05) is 31.2 Å². The van der Waals surface area contributed by atoms with Gasteiger partial charge >= 0.3 is 5.97 Å². The highest BCUT2D eigenvalue weighted by Crippen LogP contribution is 2.35. The smallest absolute Gasteiger partial charge is 0.335 e. The normalized spacial score (nSPS) is 15.7. The average Bonchev–Trinajstić information content (AvgIpc) is 3.08. The molecule has 1 aliphatic heterocycles. The molecule has 8 heteroatoms. The molecule has 2 aromatic rings. The van der Waals surface area contributed by atoms with Gasteiger partial charge in [0.05, 0.1) is 12.1 Å². The highest BCUT2D eigenvalue weighted by molar-refractivity contribution is 8.15. The Morgan fingerprint density at radius 2 is 1.93 bits per heavy atom. The van der Waals surface area contributed by atoms with Crippen molar-refractivity contribution >= 4 is 40.4 Å². The lowest BCUT2D eigenvalue weighted by Crippen LogP contribution is -2.30. The molecule has 3 N–H and O–H groups in total. The van der Waals surface area contributed by atoms with Crippen molar-refractivity contribution in [3.8, 4) is 0 Å². The number of anilines is 1. The summed E-state index contributed by atoms with van der Waals surface area (Å²) in [7, 11) is 0. The maximum atomic E-state index is 12.8. The van der Waals surface area contributed by atoms with Gasteiger partial charge < -0.3 is 15.7 Å². The first-order chi connectivity index (χ1) is 14.4. The van der Waals surface area contributed by atoms with E-state index >= 15 is 0 Å². The monoisotopic (exact) mass is 425 g/mol. The molecule has 7 nitrogen and oxygen atoms in total. The fourth-order valence-corrected chi connectivity index (χ4v) is 3.98. The lowest BCUT2D eigenvalue weighted by Gasteiger charge is -2.24. The van der Waals surface area contributed by atoms with Crippen LogP contribution in [0.3, 0.4) is 0 Å². The predicted molar refractivity (Wildman–Crippen MR) is 118 cm³/mol. The van der Waals surface area contributed by atoms with Crippen molar-refractivity contribution in [1.82, 2.24) is 0 Å². The van der Waals surface area contributed by atoms with Crippen LogP contribution in [0.5, 0.6) is 0 Å². The fraction of sp³-hybridized carbons (Fsp3) is 0.273. The number of aromatic carboxylic acids is 1. The molecule has 0 radical (unpaired) electrons. The van der Waals surface area contributed by atoms with E-state index in [0.29, 0.717) is 18.7 Å². The summed E-state index contributed by atoms with van der Waals surface area (Å²) in [5.74, 6) is -1.37. The van der Waals surface area contributed by atoms with E-state index in [4.69, 9.17) is 5.73 Å². The van der Waals surface area contributed by atoms with Crippen LogP contribution in [0.4, 0.5) is 5.69 Å². The molecule has 0 aliphatic carbocycles. The van der Waals surface area contributed by atoms with Crippen LogP contribution in [-0.4, -0.2) is 28.1 Å². The molecule has 1 atom stereocenters. The first kappa shape index (κ1) is 21.6. The minimum absolute atomic E-state index is 0.0637. The molecule has 0 spiro atoms. The minimum Gasteiger partial charge on any atom is -0.478 e. The third-order valence-corrected chi connectivity index (χ3v) is 5.80. The van der Waals surface area contributed by atoms with E-state index in [9.17, 15) is 19.5 Å². The lowest BCUT2D eigenvalue weighted by atomic mass is 10.1. The summed E-state index contributed by atoms with van der Waals surface area (Å²) in [6.07, 6.45) is 2.03. The fourth-order valence-electron chi connectivity index (χ4n) is 3.15. The maximum Gasteiger partial charge on any atom is 0.335 e. The van der Waals surface area contributed by atoms with Crippen molar-refractivity contribution in [2.45, 2.75) is 38.0 Å². The number of nitrogens with two attached hydrogens (primary N) is 1. The molecule has 1 heterocycles. The Morgan fingerprint density at radius 1 is 1.20 bits per heavy atom. The lowest BCUT2D eigenvalue weighted by molar-refractivity contribution is -0.119. The number of carboxylic acid groups (broad SMARTS) is 1. The van der Waals surface area contributed by atoms with Gasteiger partial charge in [-0.25, -0.2) is 4.79 Å². The Bertz CT molecular complexity index is 988. The van der Waals surface area contributed by atoms with Gasteiger partial charge in [0, 0.05) is 12.1 Å². The number of carboxylic acids is 1. The second-order valence-electron chi connectivity index (χ2n) is 6.97. The number of nitrogens with zero attached hydrogens (tertiary/aromatic N) is 2. The van der Waals surface area contributed by atoms with E-state index in [1.54, 1.807) is 17.0 Å². The zero-order chi connectivity index (χ0) is 21.7. The van der Waals surface area contributed by atoms with Gasteiger partial charge in [-0.05, 0) is 35.7 Å². The number of aliphatic imine (C=N–C) groups is 1. The zero-order valence-corrected chi connectivity index (χ0v) is 17.4. The molecule has 1 unspecified atom stereocenters. The van der Waals surface area contributed by atoms with E-state index in [1.165, 1.54) is 23.9 Å². The molecule has 0 aromatic heterocycles. The van der Waals surface area contributed by atoms with E-state index in [2.05, 4.69) is 4.99 Å². The molecule has 156 valence electrons. The molecule has 2 aromatic carbocycles. The number of hydrogen-bond acceptors (Lipinski definition) is 5. The first-order valence-electron chi connectivity index (χ1n) is 9.66. The largest absolute Gasteiger partial charge is 0.478 e. The summed E-state index contributed by atoms with van der Waals surface area (Å²) in [6.45, 7) is 2.32. The third kappa shape index (κ3) is 5.07. The second kappa shape index (κ2) is 9.58. The number of carbonyl (C=O) groups excluding carboxylic acids is 2. The summed E-state index contributed by atoms with van der Waals surface area (Å²) in [5, 5.41) is 9.11. The van der Waals surface area contributed by atoms with Crippen molar-refractivity contribution in [2.75, 3.05) is 4.90 Å². The second-order valence-corrected chi connectivity index (χ2v) is 8.09. The Kier molecular flexibility index (Phi) is 6.89. The number of amidine groups is 1. The molecule has 30 heavy (non-hydrogen) atoms. The number of thioether (sulfide) groups is 1. The van der Waals surface area contributed by atoms with Crippen LogP contribution in [0, 0.1) is 0 Å². The van der Waals surface area contributed by atoms with Crippen LogP contribution in [0.15, 0.2) is 53.5 Å². The standard InChI is InChI=1S/C22H23N3O4S/c1-2-3-7-18(26)25(17-6-4-5-16(12-17)21(28)29)13-14-8-10-15(11-9-14)19-20(27)24-22(23)30-19/h4-6,8-12,19H,2-3,7,13H2,1H3,(H,28,29)(H2,23,24,27). The first-order valence-corrected chi connectivity index (χ1v) is 10.5. The Balaban J connectivity index is 1.82. The Hall–Kier alpha value is -3.13. The number of rotatable bonds is 8. The van der Waals surface area contributed by atoms with Crippen LogP contribution in [0.25, 0.3) is 0 Å². The SMILES string of the molecule is CCCCC(=O)N(Cc1ccc(C2SC(N)=NC2=O)cc1)c1cccc(C(=O)O)c1. The van der Waals surface area contributed by atoms with Gasteiger partial charge in [-0.2, -0.15) is 4.99 Å². The average molecular weight is 426 g/mol. The van der Waals surface area contributed by atoms with Crippen molar-refractivity contribution in [2.24, 2.45) is 10.7 Å². The summed E-state index contributed by atoms with van der Waals surface area (Å²) in [6, 6.07) is 13.8. The van der Waals surface area contributed by atoms with Crippen LogP contribution in [0.2, 0.25) is 0 Å². The zero-order valence-electron chi connectivity index (χ0n) is 16.6. The van der Waals surface area contributed by atoms with Gasteiger partial charge in [0.2, 0.25) is 5.91 Å². The molecule has 0 saturated heterocycles. The number of amides is 2. The molecule has 0 fully saturated rings. The van der Waals surface area contributed by atoms with Gasteiger partial charge in [-0.3, -0.25) is 9.59 Å². The van der Waals surface area contributed by atoms with Crippen molar-refractivity contribution < 1.29 is 19.5 Å². The highest BCUT2D eigenvalue weighted by Gasteiger charge is 2.28. The number of hydrogen-bond donors (Lipinski definition) is 2. The van der Waals surface area contributed by atoms with E-state index in [-0.39, 0.29) is 22.5 Å². The summed E-state index contributed by atoms with van der Waals surface area (Å²) < 4.78 is 0. The molecule has 0 saturated carbocycles. The molecule has 2 amide bonds. The van der Waals surface area contributed by atoms with Crippen LogP contribution in [-0.2, 0) is 16.1 Å². The predicted octanol–water partition coefficient (Wildman–Crippen LogP) is 3.74. The van der Waals surface area contributed by atoms with E-state index < -0.39 is 11.2 Å². The van der Waals surface area contributed by atoms with Crippen LogP contribution in [0.1, 0.15) is 52.9 Å². The molecule has 0 bridgehead atoms. The summed E-state index contributed by atoms with van der Waals surface area (Å²) in [4.78, 5) is 41.5. The van der Waals surface area contributed by atoms with Crippen LogP contribution >= 0.6 is 11.8 Å². The van der Waals surface area contributed by atoms with Crippen molar-refractivity contribution in [3.63, 3.8) is 0 Å². The maximum absolute atomic E-state index is 12.8. The minimum atomic E-state index is -1.04. The molecular formula is C22H23N3O4S. The van der Waals surface area contributed by atoms with Crippen molar-refractivity contribution in [3.05, 3.63) is 65.2 Å². The Morgan fingerprint density at radius 3 is 2.53 bits per heavy atom. The number of carbonyl (C=O) groups is 3. The van der Waals surface area contributed by atoms with Gasteiger partial charge in [0.1, 0.15) is 5.25 Å². The van der Waals surface area contributed by atoms with Gasteiger partial charge in [0.15, 0.2) is 5.17 Å². The molecule has 3 rings (SSSR count). The molecular weight excluding hydrogens is 402 g/mol. The van der Waals surface area contributed by atoms with E-state index in [0.717, 1.165) is 24.0 Å². The topological polar surface area (TPSA) is 113 Å². The van der Waals surface area contributed by atoms with Crippen LogP contribution < -0.4 is 10.6 Å². The summed E-state index contributed by atoms with van der Waals surface area (Å²) >= 11 is 1.22. The number of unbranched alkanes of at least 4 members (excludes halogenated alkanes) is 1. The van der Waals surface area contributed by atoms with Gasteiger partial charge in [-0.1, -0.05) is 55.4 Å². The van der Waals surface area contributed by atoms with Gasteiger partial charge in [0.25, 0.3) is 5.91 Å². The third-order valence-electron chi connectivity index (χ3n) is 4.76. The van der Waals surface area contributed by atoms with Crippen molar-refractivity contribution in [1.29, 1.82) is 0 Å². The summed E-state index contributed by atoms with van der Waals surface area (Å²) in [5.41, 5.74) is 7.97. The molecule has 1 aliphatic rings. The highest BCUT2D eigenvalue weighted by atomic mass is 32.2. The number of benzene rings is 2. The quantitative estimate of drug-likeness (QED) is 0.666.